The molecule has 0 fully saturated rings. The number of hydrogen-bond donors (Lipinski definition) is 1. The Balaban J connectivity index is 1.32. The summed E-state index contributed by atoms with van der Waals surface area (Å²) in [5.74, 6) is 0.437. The normalized spacial score (nSPS) is 11.6. The molecule has 29 heavy (non-hydrogen) atoms. The molecule has 9 heteroatoms. The van der Waals surface area contributed by atoms with Gasteiger partial charge in [0.15, 0.2) is 10.1 Å². The fourth-order valence-electron chi connectivity index (χ4n) is 3.01. The number of fused-ring (bicyclic) bond motifs is 2. The first kappa shape index (κ1) is 17.6. The predicted molar refractivity (Wildman–Crippen MR) is 115 cm³/mol. The molecule has 7 nitrogen and oxygen atoms in total. The fraction of sp³-hybridized carbons (Fsp3) is 0. The number of aromatic nitrogens is 5. The third-order valence-corrected chi connectivity index (χ3v) is 5.40. The number of hydrogen-bond acceptors (Lipinski definition) is 5. The van der Waals surface area contributed by atoms with E-state index in [4.69, 9.17) is 11.6 Å². The molecule has 4 heterocycles. The van der Waals surface area contributed by atoms with E-state index in [1.165, 1.54) is 17.4 Å². The zero-order valence-electron chi connectivity index (χ0n) is 14.9. The fourth-order valence-corrected chi connectivity index (χ4v) is 4.01. The molecule has 1 amide bonds. The first-order chi connectivity index (χ1) is 14.2. The average Bonchev–Trinajstić information content (AvgIpc) is 3.42. The molecule has 0 atom stereocenters. The maximum atomic E-state index is 12.3. The Morgan fingerprint density at radius 1 is 1.17 bits per heavy atom. The van der Waals surface area contributed by atoms with Gasteiger partial charge in [0, 0.05) is 17.7 Å². The number of carbonyl (C=O) groups is 1. The van der Waals surface area contributed by atoms with E-state index in [0.717, 1.165) is 21.8 Å². The molecular formula is C20H13ClN6OS. The quantitative estimate of drug-likeness (QED) is 0.436. The molecule has 4 aromatic heterocycles. The number of para-hydroxylation sites is 2. The third-order valence-electron chi connectivity index (χ3n) is 4.36. The number of carbonyl (C=O) groups excluding carboxylic acids is 1. The number of rotatable bonds is 4. The van der Waals surface area contributed by atoms with Gasteiger partial charge in [-0.3, -0.25) is 13.8 Å². The van der Waals surface area contributed by atoms with Crippen LogP contribution < -0.4 is 5.32 Å². The van der Waals surface area contributed by atoms with Crippen LogP contribution in [0, 0.1) is 0 Å². The lowest BCUT2D eigenvalue weighted by atomic mass is 10.3. The molecule has 0 saturated carbocycles. The van der Waals surface area contributed by atoms with Gasteiger partial charge in [-0.25, -0.2) is 15.0 Å². The van der Waals surface area contributed by atoms with E-state index in [-0.39, 0.29) is 5.91 Å². The van der Waals surface area contributed by atoms with E-state index in [1.54, 1.807) is 24.7 Å². The zero-order valence-corrected chi connectivity index (χ0v) is 16.4. The molecule has 0 aliphatic rings. The van der Waals surface area contributed by atoms with Crippen LogP contribution in [0.15, 0.2) is 66.6 Å². The summed E-state index contributed by atoms with van der Waals surface area (Å²) in [6.45, 7) is 0. The summed E-state index contributed by atoms with van der Waals surface area (Å²) in [5, 5.41) is 5.06. The van der Waals surface area contributed by atoms with Crippen LogP contribution in [0.3, 0.4) is 0 Å². The van der Waals surface area contributed by atoms with Crippen molar-refractivity contribution in [3.8, 4) is 5.82 Å². The van der Waals surface area contributed by atoms with E-state index < -0.39 is 0 Å². The minimum Gasteiger partial charge on any atom is -0.321 e. The summed E-state index contributed by atoms with van der Waals surface area (Å²) in [6.07, 6.45) is 8.26. The highest BCUT2D eigenvalue weighted by atomic mass is 35.5. The maximum absolute atomic E-state index is 12.3. The Kier molecular flexibility index (Phi) is 4.34. The van der Waals surface area contributed by atoms with Crippen LogP contribution in [0.4, 0.5) is 5.69 Å². The third kappa shape index (κ3) is 3.28. The molecule has 5 aromatic rings. The standard InChI is InChI=1S/C20H13ClN6OS/c21-19-16(26-9-10-29-20(26)25-19)6-8-18(28)24-13-5-7-17(22-11-13)27-12-23-14-3-1-2-4-15(14)27/h1-12H,(H,24,28)/b8-6+. The lowest BCUT2D eigenvalue weighted by Gasteiger charge is -2.05. The van der Waals surface area contributed by atoms with Crippen molar-refractivity contribution < 1.29 is 4.79 Å². The van der Waals surface area contributed by atoms with Gasteiger partial charge in [-0.05, 0) is 30.3 Å². The highest BCUT2D eigenvalue weighted by Crippen LogP contribution is 2.22. The van der Waals surface area contributed by atoms with Crippen molar-refractivity contribution in [1.29, 1.82) is 0 Å². The Morgan fingerprint density at radius 2 is 2.07 bits per heavy atom. The van der Waals surface area contributed by atoms with Crippen LogP contribution in [0.5, 0.6) is 0 Å². The first-order valence-electron chi connectivity index (χ1n) is 8.68. The molecule has 0 aliphatic carbocycles. The summed E-state index contributed by atoms with van der Waals surface area (Å²) in [6, 6.07) is 11.5. The lowest BCUT2D eigenvalue weighted by Crippen LogP contribution is -2.08. The summed E-state index contributed by atoms with van der Waals surface area (Å²) < 4.78 is 3.73. The van der Waals surface area contributed by atoms with Gasteiger partial charge in [0.25, 0.3) is 0 Å². The van der Waals surface area contributed by atoms with Crippen LogP contribution in [0.1, 0.15) is 5.69 Å². The number of amides is 1. The van der Waals surface area contributed by atoms with Gasteiger partial charge in [-0.2, -0.15) is 0 Å². The minimum atomic E-state index is -0.283. The molecule has 0 unspecified atom stereocenters. The number of imidazole rings is 2. The second kappa shape index (κ2) is 7.16. The van der Waals surface area contributed by atoms with Gasteiger partial charge in [-0.1, -0.05) is 23.7 Å². The molecule has 0 spiro atoms. The van der Waals surface area contributed by atoms with E-state index in [0.29, 0.717) is 16.5 Å². The Bertz CT molecular complexity index is 1360. The first-order valence-corrected chi connectivity index (χ1v) is 9.93. The number of nitrogens with zero attached hydrogens (tertiary/aromatic N) is 5. The van der Waals surface area contributed by atoms with Crippen LogP contribution in [-0.4, -0.2) is 29.8 Å². The molecule has 1 aromatic carbocycles. The average molecular weight is 421 g/mol. The zero-order chi connectivity index (χ0) is 19.8. The van der Waals surface area contributed by atoms with Gasteiger partial charge in [0.2, 0.25) is 5.91 Å². The maximum Gasteiger partial charge on any atom is 0.248 e. The second-order valence-corrected chi connectivity index (χ2v) is 7.41. The van der Waals surface area contributed by atoms with Gasteiger partial charge < -0.3 is 5.32 Å². The highest BCUT2D eigenvalue weighted by molar-refractivity contribution is 7.15. The molecule has 0 radical (unpaired) electrons. The van der Waals surface area contributed by atoms with Crippen molar-refractivity contribution in [2.24, 2.45) is 0 Å². The lowest BCUT2D eigenvalue weighted by molar-refractivity contribution is -0.111. The SMILES string of the molecule is O=C(/C=C/c1c(Cl)nc2sccn12)Nc1ccc(-n2cnc3ccccc32)nc1. The van der Waals surface area contributed by atoms with Crippen molar-refractivity contribution in [3.63, 3.8) is 0 Å². The number of anilines is 1. The van der Waals surface area contributed by atoms with Crippen molar-refractivity contribution in [1.82, 2.24) is 23.9 Å². The number of pyridine rings is 1. The molecule has 0 bridgehead atoms. The largest absolute Gasteiger partial charge is 0.321 e. The second-order valence-electron chi connectivity index (χ2n) is 6.17. The molecule has 5 rings (SSSR count). The summed E-state index contributed by atoms with van der Waals surface area (Å²) in [5.41, 5.74) is 3.12. The Hall–Kier alpha value is -3.49. The summed E-state index contributed by atoms with van der Waals surface area (Å²) in [7, 11) is 0. The summed E-state index contributed by atoms with van der Waals surface area (Å²) in [4.78, 5) is 26.1. The van der Waals surface area contributed by atoms with Gasteiger partial charge in [0.05, 0.1) is 28.6 Å². The molecular weight excluding hydrogens is 408 g/mol. The minimum absolute atomic E-state index is 0.283. The van der Waals surface area contributed by atoms with Gasteiger partial charge in [-0.15, -0.1) is 11.3 Å². The molecule has 142 valence electrons. The van der Waals surface area contributed by atoms with Crippen molar-refractivity contribution in [3.05, 3.63) is 77.4 Å². The van der Waals surface area contributed by atoms with Gasteiger partial charge in [0.1, 0.15) is 12.1 Å². The van der Waals surface area contributed by atoms with Crippen LogP contribution in [-0.2, 0) is 4.79 Å². The Labute approximate surface area is 173 Å². The van der Waals surface area contributed by atoms with E-state index >= 15 is 0 Å². The smallest absolute Gasteiger partial charge is 0.248 e. The van der Waals surface area contributed by atoms with E-state index in [1.807, 2.05) is 50.9 Å². The van der Waals surface area contributed by atoms with Gasteiger partial charge >= 0.3 is 0 Å². The molecule has 0 saturated heterocycles. The summed E-state index contributed by atoms with van der Waals surface area (Å²) >= 11 is 7.61. The monoisotopic (exact) mass is 420 g/mol. The number of halogens is 1. The van der Waals surface area contributed by atoms with Crippen LogP contribution >= 0.6 is 22.9 Å². The van der Waals surface area contributed by atoms with Crippen molar-refractivity contribution in [2.75, 3.05) is 5.32 Å². The van der Waals surface area contributed by atoms with E-state index in [9.17, 15) is 4.79 Å². The molecule has 0 aliphatic heterocycles. The van der Waals surface area contributed by atoms with E-state index in [2.05, 4.69) is 20.3 Å². The van der Waals surface area contributed by atoms with Crippen LogP contribution in [0.2, 0.25) is 5.15 Å². The highest BCUT2D eigenvalue weighted by Gasteiger charge is 2.09. The predicted octanol–water partition coefficient (Wildman–Crippen LogP) is 4.44. The molecule has 1 N–H and O–H groups in total. The number of benzene rings is 1. The topological polar surface area (TPSA) is 77.1 Å². The Morgan fingerprint density at radius 3 is 2.93 bits per heavy atom. The van der Waals surface area contributed by atoms with Crippen molar-refractivity contribution >= 4 is 56.6 Å². The van der Waals surface area contributed by atoms with Crippen molar-refractivity contribution in [2.45, 2.75) is 0 Å². The number of thiazole rings is 1. The van der Waals surface area contributed by atoms with Crippen LogP contribution in [0.25, 0.3) is 27.9 Å². The number of nitrogens with one attached hydrogen (secondary N) is 1.